The summed E-state index contributed by atoms with van der Waals surface area (Å²) in [5.41, 5.74) is 1.21. The predicted octanol–water partition coefficient (Wildman–Crippen LogP) is 4.63. The van der Waals surface area contributed by atoms with E-state index in [-0.39, 0.29) is 5.25 Å². The minimum Gasteiger partial charge on any atom is -0.376 e. The lowest BCUT2D eigenvalue weighted by Crippen LogP contribution is -2.21. The molecule has 0 fully saturated rings. The Balaban J connectivity index is 1.62. The van der Waals surface area contributed by atoms with E-state index in [0.29, 0.717) is 13.2 Å². The monoisotopic (exact) mass is 366 g/mol. The maximum Gasteiger partial charge on any atom is 0.0717 e. The van der Waals surface area contributed by atoms with Gasteiger partial charge >= 0.3 is 0 Å². The van der Waals surface area contributed by atoms with Crippen LogP contribution in [0.3, 0.4) is 0 Å². The largest absolute Gasteiger partial charge is 0.376 e. The molecule has 0 aliphatic carbocycles. The molecule has 0 aliphatic rings. The van der Waals surface area contributed by atoms with Gasteiger partial charge in [0.05, 0.1) is 13.2 Å². The molecular weight excluding hydrogens is 343 g/mol. The molecule has 3 aromatic rings. The van der Waals surface area contributed by atoms with Crippen LogP contribution in [0, 0.1) is 0 Å². The van der Waals surface area contributed by atoms with Gasteiger partial charge in [-0.25, -0.2) is 0 Å². The molecule has 0 unspecified atom stereocenters. The summed E-state index contributed by atoms with van der Waals surface area (Å²) in [7, 11) is -0.417. The minimum absolute atomic E-state index is 0.218. The highest BCUT2D eigenvalue weighted by Crippen LogP contribution is 2.35. The number of hydrogen-bond donors (Lipinski definition) is 1. The second-order valence-electron chi connectivity index (χ2n) is 5.94. The lowest BCUT2D eigenvalue weighted by molar-refractivity contribution is 0.125. The summed E-state index contributed by atoms with van der Waals surface area (Å²) in [4.78, 5) is 0. The van der Waals surface area contributed by atoms with Crippen LogP contribution >= 0.6 is 20.6 Å². The van der Waals surface area contributed by atoms with Gasteiger partial charge in [0.2, 0.25) is 0 Å². The molecule has 1 atom stereocenters. The van der Waals surface area contributed by atoms with E-state index in [1.807, 2.05) is 18.2 Å². The molecule has 0 saturated carbocycles. The van der Waals surface area contributed by atoms with Crippen molar-refractivity contribution in [2.45, 2.75) is 11.9 Å². The molecule has 3 heteroatoms. The molecule has 0 aromatic heterocycles. The van der Waals surface area contributed by atoms with Gasteiger partial charge in [0.15, 0.2) is 0 Å². The normalized spacial score (nSPS) is 12.2. The molecule has 0 bridgehead atoms. The van der Waals surface area contributed by atoms with Gasteiger partial charge in [-0.1, -0.05) is 91.0 Å². The molecule has 0 N–H and O–H groups in total. The highest BCUT2D eigenvalue weighted by atomic mass is 32.1. The molecule has 0 amide bonds. The molecule has 0 radical (unpaired) electrons. The smallest absolute Gasteiger partial charge is 0.0717 e. The number of ether oxygens (including phenoxy) is 1. The van der Waals surface area contributed by atoms with Crippen LogP contribution in [-0.4, -0.2) is 18.0 Å². The van der Waals surface area contributed by atoms with Crippen LogP contribution in [0.4, 0.5) is 0 Å². The number of benzene rings is 3. The maximum absolute atomic E-state index is 5.89. The predicted molar refractivity (Wildman–Crippen MR) is 113 cm³/mol. The molecule has 128 valence electrons. The number of rotatable bonds is 8. The van der Waals surface area contributed by atoms with E-state index in [0.717, 1.165) is 6.16 Å². The van der Waals surface area contributed by atoms with Crippen molar-refractivity contribution >= 4 is 31.2 Å². The van der Waals surface area contributed by atoms with Gasteiger partial charge in [-0.15, -0.1) is 0 Å². The standard InChI is InChI=1S/C22H23OPS/c25-22(17-23-16-19-10-4-1-5-11-19)18-24(20-12-6-2-7-13-20)21-14-8-3-9-15-21/h1-15,22,25H,16-18H2/t22-/m1/s1. The van der Waals surface area contributed by atoms with E-state index in [2.05, 4.69) is 72.8 Å². The Morgan fingerprint density at radius 3 is 1.72 bits per heavy atom. The van der Waals surface area contributed by atoms with Crippen molar-refractivity contribution in [3.05, 3.63) is 96.6 Å². The summed E-state index contributed by atoms with van der Waals surface area (Å²) in [6.07, 6.45) is 1.02. The first-order chi connectivity index (χ1) is 12.3. The third kappa shape index (κ3) is 5.71. The fourth-order valence-electron chi connectivity index (χ4n) is 2.73. The van der Waals surface area contributed by atoms with Crippen molar-refractivity contribution in [3.8, 4) is 0 Å². The number of thiol groups is 1. The molecule has 0 aliphatic heterocycles. The topological polar surface area (TPSA) is 9.23 Å². The van der Waals surface area contributed by atoms with Crippen LogP contribution in [-0.2, 0) is 11.3 Å². The summed E-state index contributed by atoms with van der Waals surface area (Å²) in [5, 5.41) is 3.01. The number of hydrogen-bond acceptors (Lipinski definition) is 2. The van der Waals surface area contributed by atoms with Gasteiger partial charge in [-0.2, -0.15) is 12.6 Å². The van der Waals surface area contributed by atoms with Crippen LogP contribution in [0.5, 0.6) is 0 Å². The second-order valence-corrected chi connectivity index (χ2v) is 8.92. The van der Waals surface area contributed by atoms with Crippen LogP contribution < -0.4 is 10.6 Å². The van der Waals surface area contributed by atoms with Crippen molar-refractivity contribution in [2.24, 2.45) is 0 Å². The molecule has 3 aromatic carbocycles. The van der Waals surface area contributed by atoms with E-state index in [1.165, 1.54) is 16.2 Å². The zero-order valence-electron chi connectivity index (χ0n) is 14.2. The highest BCUT2D eigenvalue weighted by molar-refractivity contribution is 7.82. The molecule has 1 nitrogen and oxygen atoms in total. The summed E-state index contributed by atoms with van der Waals surface area (Å²) in [6.45, 7) is 1.31. The lowest BCUT2D eigenvalue weighted by atomic mass is 10.2. The Morgan fingerprint density at radius 2 is 1.20 bits per heavy atom. The summed E-state index contributed by atoms with van der Waals surface area (Å²) in [6, 6.07) is 31.8. The van der Waals surface area contributed by atoms with E-state index in [1.54, 1.807) is 0 Å². The summed E-state index contributed by atoms with van der Waals surface area (Å²) < 4.78 is 5.89. The summed E-state index contributed by atoms with van der Waals surface area (Å²) >= 11 is 4.81. The molecule has 0 saturated heterocycles. The SMILES string of the molecule is S[C@H](COCc1ccccc1)CP(c1ccccc1)c1ccccc1. The van der Waals surface area contributed by atoms with Gasteiger partial charge in [0.1, 0.15) is 0 Å². The fourth-order valence-corrected chi connectivity index (χ4v) is 5.63. The van der Waals surface area contributed by atoms with Gasteiger partial charge in [-0.3, -0.25) is 0 Å². The quantitative estimate of drug-likeness (QED) is 0.452. The van der Waals surface area contributed by atoms with Crippen LogP contribution in [0.1, 0.15) is 5.56 Å². The zero-order valence-corrected chi connectivity index (χ0v) is 16.0. The van der Waals surface area contributed by atoms with Crippen LogP contribution in [0.15, 0.2) is 91.0 Å². The summed E-state index contributed by atoms with van der Waals surface area (Å²) in [5.74, 6) is 0. The van der Waals surface area contributed by atoms with E-state index >= 15 is 0 Å². The first kappa shape index (κ1) is 18.2. The van der Waals surface area contributed by atoms with Crippen LogP contribution in [0.2, 0.25) is 0 Å². The van der Waals surface area contributed by atoms with Crippen molar-refractivity contribution in [3.63, 3.8) is 0 Å². The third-order valence-electron chi connectivity index (χ3n) is 3.95. The Hall–Kier alpha value is -1.60. The Morgan fingerprint density at radius 1 is 0.720 bits per heavy atom. The molecular formula is C22H23OPS. The fraction of sp³-hybridized carbons (Fsp3) is 0.182. The highest BCUT2D eigenvalue weighted by Gasteiger charge is 2.17. The Kier molecular flexibility index (Phi) is 7.11. The third-order valence-corrected chi connectivity index (χ3v) is 7.22. The van der Waals surface area contributed by atoms with Crippen molar-refractivity contribution < 1.29 is 4.74 Å². The Bertz CT molecular complexity index is 694. The lowest BCUT2D eigenvalue weighted by Gasteiger charge is -2.22. The first-order valence-electron chi connectivity index (χ1n) is 8.50. The van der Waals surface area contributed by atoms with Gasteiger partial charge < -0.3 is 4.74 Å². The van der Waals surface area contributed by atoms with Crippen molar-refractivity contribution in [1.82, 2.24) is 0 Å². The average Bonchev–Trinajstić information content (AvgIpc) is 2.68. The molecule has 0 spiro atoms. The van der Waals surface area contributed by atoms with Gasteiger partial charge in [0.25, 0.3) is 0 Å². The van der Waals surface area contributed by atoms with E-state index in [9.17, 15) is 0 Å². The maximum atomic E-state index is 5.89. The van der Waals surface area contributed by atoms with Gasteiger partial charge in [-0.05, 0) is 30.3 Å². The van der Waals surface area contributed by atoms with Gasteiger partial charge in [0, 0.05) is 5.25 Å². The average molecular weight is 366 g/mol. The second kappa shape index (κ2) is 9.77. The van der Waals surface area contributed by atoms with Crippen molar-refractivity contribution in [2.75, 3.05) is 12.8 Å². The molecule has 25 heavy (non-hydrogen) atoms. The molecule has 3 rings (SSSR count). The van der Waals surface area contributed by atoms with Crippen LogP contribution in [0.25, 0.3) is 0 Å². The van der Waals surface area contributed by atoms with Crippen molar-refractivity contribution in [1.29, 1.82) is 0 Å². The van der Waals surface area contributed by atoms with E-state index in [4.69, 9.17) is 17.4 Å². The molecule has 0 heterocycles. The van der Waals surface area contributed by atoms with E-state index < -0.39 is 7.92 Å². The first-order valence-corrected chi connectivity index (χ1v) is 10.5. The minimum atomic E-state index is -0.417. The Labute approximate surface area is 157 Å². The zero-order chi connectivity index (χ0) is 17.3.